The first kappa shape index (κ1) is 17.7. The lowest BCUT2D eigenvalue weighted by Gasteiger charge is -2.30. The van der Waals surface area contributed by atoms with E-state index in [1.54, 1.807) is 12.1 Å². The second-order valence-electron chi connectivity index (χ2n) is 5.79. The fraction of sp³-hybridized carbons (Fsp3) is 0.571. The van der Waals surface area contributed by atoms with Crippen LogP contribution in [0.15, 0.2) is 23.1 Å². The van der Waals surface area contributed by atoms with Gasteiger partial charge in [-0.05, 0) is 17.5 Å². The highest BCUT2D eigenvalue weighted by atomic mass is 32.2. The molecule has 6 nitrogen and oxygen atoms in total. The largest absolute Gasteiger partial charge is 0.497 e. The minimum absolute atomic E-state index is 0.0343. The zero-order chi connectivity index (χ0) is 16.3. The van der Waals surface area contributed by atoms with Gasteiger partial charge in [0.2, 0.25) is 10.0 Å². The molecule has 0 amide bonds. The lowest BCUT2D eigenvalue weighted by atomic mass is 9.88. The fourth-order valence-corrected chi connectivity index (χ4v) is 3.46. The van der Waals surface area contributed by atoms with Crippen LogP contribution in [0, 0.1) is 5.41 Å². The summed E-state index contributed by atoms with van der Waals surface area (Å²) >= 11 is 0. The van der Waals surface area contributed by atoms with Crippen LogP contribution in [0.5, 0.6) is 11.5 Å². The van der Waals surface area contributed by atoms with Gasteiger partial charge in [-0.3, -0.25) is 0 Å². The molecule has 0 aliphatic heterocycles. The Morgan fingerprint density at radius 3 is 2.29 bits per heavy atom. The predicted octanol–water partition coefficient (Wildman–Crippen LogP) is 1.36. The van der Waals surface area contributed by atoms with Crippen molar-refractivity contribution < 1.29 is 17.9 Å². The molecule has 120 valence electrons. The number of benzene rings is 1. The van der Waals surface area contributed by atoms with E-state index in [0.717, 1.165) is 0 Å². The molecule has 1 aromatic rings. The smallest absolute Gasteiger partial charge is 0.244 e. The standard InChI is InChI=1S/C14H24N2O4S/c1-14(2,3)13(9-15)16-21(17,18)12-8-10(19-4)6-7-11(12)20-5/h6-8,13,16H,9,15H2,1-5H3. The van der Waals surface area contributed by atoms with Crippen molar-refractivity contribution in [1.29, 1.82) is 0 Å². The van der Waals surface area contributed by atoms with E-state index in [9.17, 15) is 8.42 Å². The van der Waals surface area contributed by atoms with E-state index in [0.29, 0.717) is 5.75 Å². The third-order valence-corrected chi connectivity index (χ3v) is 4.73. The van der Waals surface area contributed by atoms with E-state index in [-0.39, 0.29) is 22.6 Å². The first-order valence-corrected chi connectivity index (χ1v) is 8.08. The minimum Gasteiger partial charge on any atom is -0.497 e. The van der Waals surface area contributed by atoms with Crippen LogP contribution in [0.1, 0.15) is 20.8 Å². The van der Waals surface area contributed by atoms with Gasteiger partial charge in [-0.2, -0.15) is 0 Å². The van der Waals surface area contributed by atoms with E-state index in [1.807, 2.05) is 20.8 Å². The Hall–Kier alpha value is -1.31. The number of sulfonamides is 1. The van der Waals surface area contributed by atoms with E-state index < -0.39 is 16.1 Å². The van der Waals surface area contributed by atoms with E-state index in [1.165, 1.54) is 20.3 Å². The van der Waals surface area contributed by atoms with Crippen molar-refractivity contribution in [3.05, 3.63) is 18.2 Å². The molecule has 0 fully saturated rings. The molecule has 21 heavy (non-hydrogen) atoms. The maximum absolute atomic E-state index is 12.6. The molecular formula is C14H24N2O4S. The average molecular weight is 316 g/mol. The normalized spacial score (nSPS) is 13.8. The molecule has 0 bridgehead atoms. The molecule has 0 heterocycles. The van der Waals surface area contributed by atoms with Crippen LogP contribution in [0.4, 0.5) is 0 Å². The second kappa shape index (κ2) is 6.64. The number of nitrogens with two attached hydrogens (primary N) is 1. The van der Waals surface area contributed by atoms with Crippen LogP contribution in [-0.2, 0) is 10.0 Å². The Balaban J connectivity index is 3.24. The maximum Gasteiger partial charge on any atom is 0.244 e. The molecule has 1 atom stereocenters. The van der Waals surface area contributed by atoms with Crippen molar-refractivity contribution in [3.63, 3.8) is 0 Å². The second-order valence-corrected chi connectivity index (χ2v) is 7.47. The van der Waals surface area contributed by atoms with Gasteiger partial charge in [0.25, 0.3) is 0 Å². The molecule has 1 unspecified atom stereocenters. The summed E-state index contributed by atoms with van der Waals surface area (Å²) in [6.07, 6.45) is 0. The van der Waals surface area contributed by atoms with Crippen LogP contribution in [0.3, 0.4) is 0 Å². The highest BCUT2D eigenvalue weighted by Gasteiger charge is 2.30. The molecular weight excluding hydrogens is 292 g/mol. The number of ether oxygens (including phenoxy) is 2. The SMILES string of the molecule is COc1ccc(OC)c(S(=O)(=O)NC(CN)C(C)(C)C)c1. The summed E-state index contributed by atoms with van der Waals surface area (Å²) < 4.78 is 38.0. The van der Waals surface area contributed by atoms with Crippen molar-refractivity contribution >= 4 is 10.0 Å². The molecule has 3 N–H and O–H groups in total. The van der Waals surface area contributed by atoms with Crippen LogP contribution < -0.4 is 19.9 Å². The topological polar surface area (TPSA) is 90.6 Å². The van der Waals surface area contributed by atoms with Crippen molar-refractivity contribution in [2.75, 3.05) is 20.8 Å². The summed E-state index contributed by atoms with van der Waals surface area (Å²) in [4.78, 5) is 0.0343. The molecule has 7 heteroatoms. The van der Waals surface area contributed by atoms with Gasteiger partial charge >= 0.3 is 0 Å². The van der Waals surface area contributed by atoms with Crippen LogP contribution >= 0.6 is 0 Å². The fourth-order valence-electron chi connectivity index (χ4n) is 1.82. The van der Waals surface area contributed by atoms with Crippen LogP contribution in [0.2, 0.25) is 0 Å². The number of nitrogens with one attached hydrogen (secondary N) is 1. The van der Waals surface area contributed by atoms with Crippen LogP contribution in [-0.4, -0.2) is 35.2 Å². The Morgan fingerprint density at radius 2 is 1.86 bits per heavy atom. The van der Waals surface area contributed by atoms with Gasteiger partial charge in [0.05, 0.1) is 14.2 Å². The predicted molar refractivity (Wildman–Crippen MR) is 82.2 cm³/mol. The van der Waals surface area contributed by atoms with Crippen LogP contribution in [0.25, 0.3) is 0 Å². The number of rotatable bonds is 6. The van der Waals surface area contributed by atoms with Crippen molar-refractivity contribution in [1.82, 2.24) is 4.72 Å². The molecule has 0 aromatic heterocycles. The monoisotopic (exact) mass is 316 g/mol. The number of hydrogen-bond acceptors (Lipinski definition) is 5. The van der Waals surface area contributed by atoms with E-state index in [4.69, 9.17) is 15.2 Å². The van der Waals surface area contributed by atoms with Gasteiger partial charge in [0.1, 0.15) is 16.4 Å². The molecule has 0 aliphatic rings. The van der Waals surface area contributed by atoms with E-state index in [2.05, 4.69) is 4.72 Å². The van der Waals surface area contributed by atoms with Crippen molar-refractivity contribution in [2.24, 2.45) is 11.1 Å². The van der Waals surface area contributed by atoms with E-state index >= 15 is 0 Å². The van der Waals surface area contributed by atoms with Gasteiger partial charge in [-0.25, -0.2) is 13.1 Å². The molecule has 0 spiro atoms. The molecule has 1 rings (SSSR count). The molecule has 0 saturated carbocycles. The molecule has 1 aromatic carbocycles. The summed E-state index contributed by atoms with van der Waals surface area (Å²) in [6.45, 7) is 5.98. The Bertz CT molecular complexity index is 579. The minimum atomic E-state index is -3.77. The molecule has 0 aliphatic carbocycles. The number of hydrogen-bond donors (Lipinski definition) is 2. The van der Waals surface area contributed by atoms with Gasteiger partial charge < -0.3 is 15.2 Å². The summed E-state index contributed by atoms with van der Waals surface area (Å²) in [7, 11) is -0.868. The third-order valence-electron chi connectivity index (χ3n) is 3.24. The van der Waals surface area contributed by atoms with Gasteiger partial charge in [0, 0.05) is 18.7 Å². The van der Waals surface area contributed by atoms with Crippen molar-refractivity contribution in [3.8, 4) is 11.5 Å². The zero-order valence-electron chi connectivity index (χ0n) is 13.1. The zero-order valence-corrected chi connectivity index (χ0v) is 14.0. The lowest BCUT2D eigenvalue weighted by Crippen LogP contribution is -2.48. The quantitative estimate of drug-likeness (QED) is 0.827. The first-order valence-electron chi connectivity index (χ1n) is 6.60. The molecule has 0 radical (unpaired) electrons. The van der Waals surface area contributed by atoms with Gasteiger partial charge in [-0.15, -0.1) is 0 Å². The summed E-state index contributed by atoms with van der Waals surface area (Å²) in [5, 5.41) is 0. The lowest BCUT2D eigenvalue weighted by molar-refractivity contribution is 0.304. The Kier molecular flexibility index (Phi) is 5.61. The van der Waals surface area contributed by atoms with Gasteiger partial charge in [-0.1, -0.05) is 20.8 Å². The molecule has 0 saturated heterocycles. The Morgan fingerprint density at radius 1 is 1.24 bits per heavy atom. The first-order chi connectivity index (χ1) is 9.65. The summed E-state index contributed by atoms with van der Waals surface area (Å²) in [5.74, 6) is 0.698. The summed E-state index contributed by atoms with van der Waals surface area (Å²) in [5.41, 5.74) is 5.39. The van der Waals surface area contributed by atoms with Crippen molar-refractivity contribution in [2.45, 2.75) is 31.7 Å². The Labute approximate surface area is 126 Å². The maximum atomic E-state index is 12.6. The summed E-state index contributed by atoms with van der Waals surface area (Å²) in [6, 6.07) is 4.24. The third kappa shape index (κ3) is 4.33. The van der Waals surface area contributed by atoms with Gasteiger partial charge in [0.15, 0.2) is 0 Å². The number of methoxy groups -OCH3 is 2. The highest BCUT2D eigenvalue weighted by Crippen LogP contribution is 2.29. The average Bonchev–Trinajstić information content (AvgIpc) is 2.42. The highest BCUT2D eigenvalue weighted by molar-refractivity contribution is 7.89.